The fraction of sp³-hybridized carbons (Fsp3) is 0.571. The topological polar surface area (TPSA) is 29.5 Å². The lowest BCUT2D eigenvalue weighted by Crippen LogP contribution is -2.03. The lowest BCUT2D eigenvalue weighted by atomic mass is 10.0. The van der Waals surface area contributed by atoms with Crippen LogP contribution in [0.4, 0.5) is 0 Å². The molecular weight excluding hydrogens is 200 g/mol. The van der Waals surface area contributed by atoms with Crippen LogP contribution in [0.25, 0.3) is 0 Å². The zero-order valence-electron chi connectivity index (χ0n) is 10.5. The van der Waals surface area contributed by atoms with Crippen LogP contribution in [-0.2, 0) is 0 Å². The van der Waals surface area contributed by atoms with Gasteiger partial charge in [-0.15, -0.1) is 0 Å². The SMILES string of the molecule is CCCCC(O)c1cc(C)ccc1OCC. The predicted molar refractivity (Wildman–Crippen MR) is 66.8 cm³/mol. The van der Waals surface area contributed by atoms with Gasteiger partial charge < -0.3 is 9.84 Å². The van der Waals surface area contributed by atoms with Gasteiger partial charge in [0.25, 0.3) is 0 Å². The minimum absolute atomic E-state index is 0.401. The molecule has 1 atom stereocenters. The van der Waals surface area contributed by atoms with Gasteiger partial charge >= 0.3 is 0 Å². The fourth-order valence-electron chi connectivity index (χ4n) is 1.77. The van der Waals surface area contributed by atoms with Crippen LogP contribution >= 0.6 is 0 Å². The van der Waals surface area contributed by atoms with E-state index >= 15 is 0 Å². The van der Waals surface area contributed by atoms with E-state index in [0.29, 0.717) is 6.61 Å². The van der Waals surface area contributed by atoms with E-state index in [1.54, 1.807) is 0 Å². The Labute approximate surface area is 98.3 Å². The average molecular weight is 222 g/mol. The predicted octanol–water partition coefficient (Wildman–Crippen LogP) is 3.62. The molecule has 0 heterocycles. The molecule has 0 bridgehead atoms. The van der Waals surface area contributed by atoms with E-state index in [2.05, 4.69) is 6.92 Å². The molecule has 0 spiro atoms. The first kappa shape index (κ1) is 13.0. The maximum atomic E-state index is 10.1. The number of aliphatic hydroxyl groups is 1. The van der Waals surface area contributed by atoms with Crippen LogP contribution in [-0.4, -0.2) is 11.7 Å². The Kier molecular flexibility index (Phi) is 5.33. The Bertz CT molecular complexity index is 321. The molecule has 0 radical (unpaired) electrons. The number of ether oxygens (including phenoxy) is 1. The Hall–Kier alpha value is -1.02. The van der Waals surface area contributed by atoms with Crippen molar-refractivity contribution >= 4 is 0 Å². The molecule has 1 aromatic carbocycles. The van der Waals surface area contributed by atoms with E-state index < -0.39 is 6.10 Å². The zero-order chi connectivity index (χ0) is 12.0. The van der Waals surface area contributed by atoms with Crippen LogP contribution in [0.1, 0.15) is 50.3 Å². The number of aryl methyl sites for hydroxylation is 1. The van der Waals surface area contributed by atoms with Crippen LogP contribution in [0.2, 0.25) is 0 Å². The summed E-state index contributed by atoms with van der Waals surface area (Å²) in [4.78, 5) is 0. The Balaban J connectivity index is 2.85. The van der Waals surface area contributed by atoms with Crippen LogP contribution in [0, 0.1) is 6.92 Å². The lowest BCUT2D eigenvalue weighted by molar-refractivity contribution is 0.158. The number of benzene rings is 1. The standard InChI is InChI=1S/C14H22O2/c1-4-6-7-13(15)12-10-11(3)8-9-14(12)16-5-2/h8-10,13,15H,4-7H2,1-3H3. The summed E-state index contributed by atoms with van der Waals surface area (Å²) in [5.74, 6) is 0.816. The minimum Gasteiger partial charge on any atom is -0.493 e. The van der Waals surface area contributed by atoms with Crippen molar-refractivity contribution in [2.75, 3.05) is 6.61 Å². The third-order valence-electron chi connectivity index (χ3n) is 2.66. The molecule has 1 aromatic rings. The summed E-state index contributed by atoms with van der Waals surface area (Å²) in [6, 6.07) is 5.98. The van der Waals surface area contributed by atoms with Gasteiger partial charge in [-0.2, -0.15) is 0 Å². The molecule has 1 rings (SSSR count). The van der Waals surface area contributed by atoms with E-state index in [0.717, 1.165) is 36.1 Å². The molecule has 0 saturated heterocycles. The Morgan fingerprint density at radius 2 is 2.06 bits per heavy atom. The van der Waals surface area contributed by atoms with Gasteiger partial charge in [0.05, 0.1) is 12.7 Å². The highest BCUT2D eigenvalue weighted by molar-refractivity contribution is 5.38. The van der Waals surface area contributed by atoms with Crippen molar-refractivity contribution in [3.8, 4) is 5.75 Å². The molecule has 0 aliphatic heterocycles. The molecule has 2 nitrogen and oxygen atoms in total. The molecule has 0 saturated carbocycles. The van der Waals surface area contributed by atoms with Gasteiger partial charge in [-0.1, -0.05) is 31.4 Å². The molecule has 1 N–H and O–H groups in total. The largest absolute Gasteiger partial charge is 0.493 e. The van der Waals surface area contributed by atoms with Gasteiger partial charge in [-0.05, 0) is 32.4 Å². The molecule has 2 heteroatoms. The summed E-state index contributed by atoms with van der Waals surface area (Å²) in [5, 5.41) is 10.1. The van der Waals surface area contributed by atoms with Crippen LogP contribution in [0.5, 0.6) is 5.75 Å². The molecule has 0 fully saturated rings. The van der Waals surface area contributed by atoms with E-state index in [4.69, 9.17) is 4.74 Å². The van der Waals surface area contributed by atoms with Gasteiger partial charge in [-0.3, -0.25) is 0 Å². The number of aliphatic hydroxyl groups excluding tert-OH is 1. The van der Waals surface area contributed by atoms with E-state index in [-0.39, 0.29) is 0 Å². The van der Waals surface area contributed by atoms with Gasteiger partial charge in [-0.25, -0.2) is 0 Å². The quantitative estimate of drug-likeness (QED) is 0.796. The Morgan fingerprint density at radius 3 is 2.69 bits per heavy atom. The molecule has 1 unspecified atom stereocenters. The molecular formula is C14H22O2. The summed E-state index contributed by atoms with van der Waals surface area (Å²) >= 11 is 0. The molecule has 0 aromatic heterocycles. The van der Waals surface area contributed by atoms with E-state index in [9.17, 15) is 5.11 Å². The summed E-state index contributed by atoms with van der Waals surface area (Å²) in [5.41, 5.74) is 2.09. The summed E-state index contributed by atoms with van der Waals surface area (Å²) < 4.78 is 5.53. The fourth-order valence-corrected chi connectivity index (χ4v) is 1.77. The summed E-state index contributed by atoms with van der Waals surface area (Å²) in [6.45, 7) is 6.76. The van der Waals surface area contributed by atoms with Crippen LogP contribution in [0.15, 0.2) is 18.2 Å². The van der Waals surface area contributed by atoms with E-state index in [1.165, 1.54) is 0 Å². The van der Waals surface area contributed by atoms with Gasteiger partial charge in [0.15, 0.2) is 0 Å². The smallest absolute Gasteiger partial charge is 0.125 e. The zero-order valence-corrected chi connectivity index (χ0v) is 10.5. The minimum atomic E-state index is -0.401. The highest BCUT2D eigenvalue weighted by atomic mass is 16.5. The van der Waals surface area contributed by atoms with E-state index in [1.807, 2.05) is 32.0 Å². The average Bonchev–Trinajstić information content (AvgIpc) is 2.28. The monoisotopic (exact) mass is 222 g/mol. The third kappa shape index (κ3) is 3.53. The van der Waals surface area contributed by atoms with Crippen molar-refractivity contribution in [2.45, 2.75) is 46.1 Å². The highest BCUT2D eigenvalue weighted by Crippen LogP contribution is 2.29. The Morgan fingerprint density at radius 1 is 1.31 bits per heavy atom. The molecule has 16 heavy (non-hydrogen) atoms. The van der Waals surface area contributed by atoms with Gasteiger partial charge in [0.2, 0.25) is 0 Å². The first-order valence-electron chi connectivity index (χ1n) is 6.10. The molecule has 90 valence electrons. The second-order valence-electron chi connectivity index (χ2n) is 4.13. The maximum absolute atomic E-state index is 10.1. The van der Waals surface area contributed by atoms with Crippen molar-refractivity contribution in [1.29, 1.82) is 0 Å². The second-order valence-corrected chi connectivity index (χ2v) is 4.13. The second kappa shape index (κ2) is 6.54. The number of hydrogen-bond donors (Lipinski definition) is 1. The number of unbranched alkanes of at least 4 members (excludes halogenated alkanes) is 1. The lowest BCUT2D eigenvalue weighted by Gasteiger charge is -2.16. The third-order valence-corrected chi connectivity index (χ3v) is 2.66. The molecule has 0 aliphatic rings. The van der Waals surface area contributed by atoms with Gasteiger partial charge in [0, 0.05) is 5.56 Å². The molecule has 0 amide bonds. The normalized spacial score (nSPS) is 12.5. The maximum Gasteiger partial charge on any atom is 0.125 e. The van der Waals surface area contributed by atoms with Gasteiger partial charge in [0.1, 0.15) is 5.75 Å². The van der Waals surface area contributed by atoms with Crippen molar-refractivity contribution in [1.82, 2.24) is 0 Å². The van der Waals surface area contributed by atoms with Crippen molar-refractivity contribution in [2.24, 2.45) is 0 Å². The van der Waals surface area contributed by atoms with Crippen LogP contribution < -0.4 is 4.74 Å². The highest BCUT2D eigenvalue weighted by Gasteiger charge is 2.13. The summed E-state index contributed by atoms with van der Waals surface area (Å²) in [7, 11) is 0. The first-order chi connectivity index (χ1) is 7.69. The van der Waals surface area contributed by atoms with Crippen molar-refractivity contribution in [3.05, 3.63) is 29.3 Å². The van der Waals surface area contributed by atoms with Crippen molar-refractivity contribution < 1.29 is 9.84 Å². The number of hydrogen-bond acceptors (Lipinski definition) is 2. The van der Waals surface area contributed by atoms with Crippen molar-refractivity contribution in [3.63, 3.8) is 0 Å². The molecule has 0 aliphatic carbocycles. The summed E-state index contributed by atoms with van der Waals surface area (Å²) in [6.07, 6.45) is 2.55. The number of rotatable bonds is 6. The van der Waals surface area contributed by atoms with Crippen LogP contribution in [0.3, 0.4) is 0 Å². The first-order valence-corrected chi connectivity index (χ1v) is 6.10.